The van der Waals surface area contributed by atoms with Crippen LogP contribution in [0.5, 0.6) is 17.2 Å². The van der Waals surface area contributed by atoms with Gasteiger partial charge in [0.05, 0.1) is 14.2 Å². The van der Waals surface area contributed by atoms with Gasteiger partial charge in [-0.15, -0.1) is 0 Å². The number of para-hydroxylation sites is 1. The topological polar surface area (TPSA) is 55.8 Å². The number of rotatable bonds is 5. The molecule has 0 saturated carbocycles. The number of hydrogen-bond donors (Lipinski definition) is 1. The van der Waals surface area contributed by atoms with Gasteiger partial charge in [0, 0.05) is 5.56 Å². The number of phenols is 1. The van der Waals surface area contributed by atoms with Crippen molar-refractivity contribution in [2.75, 3.05) is 14.2 Å². The number of allylic oxidation sites excluding steroid dienone is 1. The first kappa shape index (κ1) is 14.7. The molecule has 0 unspecified atom stereocenters. The summed E-state index contributed by atoms with van der Waals surface area (Å²) >= 11 is 0. The average Bonchev–Trinajstić information content (AvgIpc) is 2.52. The van der Waals surface area contributed by atoms with Gasteiger partial charge in [0.25, 0.3) is 0 Å². The molecule has 4 nitrogen and oxygen atoms in total. The van der Waals surface area contributed by atoms with Crippen molar-refractivity contribution in [1.29, 1.82) is 0 Å². The summed E-state index contributed by atoms with van der Waals surface area (Å²) in [6, 6.07) is 11.9. The van der Waals surface area contributed by atoms with Gasteiger partial charge in [0.1, 0.15) is 22.8 Å². The SMILES string of the molecule is COc1cccc(OC)c1C(=O)/C=C/c1ccccc1O. The summed E-state index contributed by atoms with van der Waals surface area (Å²) in [4.78, 5) is 12.4. The Morgan fingerprint density at radius 2 is 1.62 bits per heavy atom. The Morgan fingerprint density at radius 3 is 2.19 bits per heavy atom. The van der Waals surface area contributed by atoms with Crippen LogP contribution in [0.1, 0.15) is 15.9 Å². The highest BCUT2D eigenvalue weighted by Gasteiger charge is 2.15. The van der Waals surface area contributed by atoms with Gasteiger partial charge in [-0.1, -0.05) is 24.3 Å². The fourth-order valence-electron chi connectivity index (χ4n) is 1.97. The third kappa shape index (κ3) is 3.23. The van der Waals surface area contributed by atoms with E-state index in [1.165, 1.54) is 20.3 Å². The first-order valence-corrected chi connectivity index (χ1v) is 6.38. The number of phenolic OH excluding ortho intramolecular Hbond substituents is 1. The third-order valence-corrected chi connectivity index (χ3v) is 3.03. The largest absolute Gasteiger partial charge is 0.507 e. The highest BCUT2D eigenvalue weighted by atomic mass is 16.5. The predicted octanol–water partition coefficient (Wildman–Crippen LogP) is 3.31. The summed E-state index contributed by atoms with van der Waals surface area (Å²) in [5.74, 6) is 0.753. The van der Waals surface area contributed by atoms with Gasteiger partial charge in [0.2, 0.25) is 0 Å². The van der Waals surface area contributed by atoms with Gasteiger partial charge < -0.3 is 14.6 Å². The molecule has 0 aromatic heterocycles. The van der Waals surface area contributed by atoms with Crippen molar-refractivity contribution in [2.24, 2.45) is 0 Å². The molecule has 0 spiro atoms. The van der Waals surface area contributed by atoms with Gasteiger partial charge >= 0.3 is 0 Å². The summed E-state index contributed by atoms with van der Waals surface area (Å²) < 4.78 is 10.4. The van der Waals surface area contributed by atoms with E-state index in [2.05, 4.69) is 0 Å². The minimum Gasteiger partial charge on any atom is -0.507 e. The first-order chi connectivity index (χ1) is 10.2. The van der Waals surface area contributed by atoms with Gasteiger partial charge in [-0.2, -0.15) is 0 Å². The number of methoxy groups -OCH3 is 2. The normalized spacial score (nSPS) is 10.6. The van der Waals surface area contributed by atoms with Crippen LogP contribution in [0, 0.1) is 0 Å². The van der Waals surface area contributed by atoms with Crippen LogP contribution in [-0.2, 0) is 0 Å². The fourth-order valence-corrected chi connectivity index (χ4v) is 1.97. The first-order valence-electron chi connectivity index (χ1n) is 6.38. The van der Waals surface area contributed by atoms with Crippen molar-refractivity contribution in [3.05, 3.63) is 59.7 Å². The van der Waals surface area contributed by atoms with Crippen LogP contribution in [0.25, 0.3) is 6.08 Å². The Labute approximate surface area is 123 Å². The van der Waals surface area contributed by atoms with E-state index in [4.69, 9.17) is 9.47 Å². The summed E-state index contributed by atoms with van der Waals surface area (Å²) in [6.45, 7) is 0. The zero-order valence-corrected chi connectivity index (χ0v) is 11.9. The molecule has 2 rings (SSSR count). The molecular weight excluding hydrogens is 268 g/mol. The second-order valence-corrected chi connectivity index (χ2v) is 4.29. The van der Waals surface area contributed by atoms with Gasteiger partial charge in [-0.3, -0.25) is 4.79 Å². The Kier molecular flexibility index (Phi) is 4.61. The molecule has 0 aliphatic rings. The lowest BCUT2D eigenvalue weighted by Gasteiger charge is -2.10. The Hall–Kier alpha value is -2.75. The third-order valence-electron chi connectivity index (χ3n) is 3.03. The smallest absolute Gasteiger partial charge is 0.193 e. The average molecular weight is 284 g/mol. The van der Waals surface area contributed by atoms with Crippen molar-refractivity contribution in [2.45, 2.75) is 0 Å². The van der Waals surface area contributed by atoms with E-state index < -0.39 is 0 Å². The summed E-state index contributed by atoms with van der Waals surface area (Å²) in [7, 11) is 3.00. The summed E-state index contributed by atoms with van der Waals surface area (Å²) in [5.41, 5.74) is 0.925. The number of ether oxygens (including phenoxy) is 2. The Morgan fingerprint density at radius 1 is 1.00 bits per heavy atom. The molecule has 0 fully saturated rings. The molecule has 0 aliphatic carbocycles. The maximum Gasteiger partial charge on any atom is 0.193 e. The van der Waals surface area contributed by atoms with Crippen molar-refractivity contribution in [3.8, 4) is 17.2 Å². The predicted molar refractivity (Wildman–Crippen MR) is 81.0 cm³/mol. The number of hydrogen-bond acceptors (Lipinski definition) is 4. The monoisotopic (exact) mass is 284 g/mol. The van der Waals surface area contributed by atoms with Crippen LogP contribution in [-0.4, -0.2) is 25.1 Å². The van der Waals surface area contributed by atoms with E-state index in [0.29, 0.717) is 22.6 Å². The molecule has 2 aromatic rings. The van der Waals surface area contributed by atoms with E-state index >= 15 is 0 Å². The van der Waals surface area contributed by atoms with Crippen LogP contribution in [0.3, 0.4) is 0 Å². The van der Waals surface area contributed by atoms with Crippen molar-refractivity contribution in [1.82, 2.24) is 0 Å². The number of aromatic hydroxyl groups is 1. The minimum absolute atomic E-state index is 0.119. The maximum atomic E-state index is 12.4. The molecule has 0 amide bonds. The zero-order chi connectivity index (χ0) is 15.2. The molecule has 2 aromatic carbocycles. The molecular formula is C17H16O4. The number of benzene rings is 2. The lowest BCUT2D eigenvalue weighted by Crippen LogP contribution is -2.02. The lowest BCUT2D eigenvalue weighted by atomic mass is 10.1. The summed E-state index contributed by atoms with van der Waals surface area (Å²) in [5, 5.41) is 9.68. The van der Waals surface area contributed by atoms with E-state index in [1.807, 2.05) is 0 Å². The van der Waals surface area contributed by atoms with Crippen LogP contribution < -0.4 is 9.47 Å². The van der Waals surface area contributed by atoms with E-state index in [0.717, 1.165) is 0 Å². The van der Waals surface area contributed by atoms with Crippen LogP contribution in [0.2, 0.25) is 0 Å². The molecule has 1 N–H and O–H groups in total. The highest BCUT2D eigenvalue weighted by molar-refractivity contribution is 6.10. The fraction of sp³-hybridized carbons (Fsp3) is 0.118. The molecule has 0 heterocycles. The second-order valence-electron chi connectivity index (χ2n) is 4.29. The van der Waals surface area contributed by atoms with Crippen molar-refractivity contribution in [3.63, 3.8) is 0 Å². The molecule has 0 aliphatic heterocycles. The van der Waals surface area contributed by atoms with Gasteiger partial charge in [-0.05, 0) is 30.4 Å². The molecule has 0 radical (unpaired) electrons. The van der Waals surface area contributed by atoms with E-state index in [-0.39, 0.29) is 11.5 Å². The van der Waals surface area contributed by atoms with Gasteiger partial charge in [0.15, 0.2) is 5.78 Å². The number of ketones is 1. The molecule has 0 bridgehead atoms. The maximum absolute atomic E-state index is 12.4. The second kappa shape index (κ2) is 6.61. The van der Waals surface area contributed by atoms with Crippen LogP contribution >= 0.6 is 0 Å². The molecule has 21 heavy (non-hydrogen) atoms. The standard InChI is InChI=1S/C17H16O4/c1-20-15-8-5-9-16(21-2)17(15)14(19)11-10-12-6-3-4-7-13(12)18/h3-11,18H,1-2H3/b11-10+. The van der Waals surface area contributed by atoms with Crippen LogP contribution in [0.4, 0.5) is 0 Å². The number of carbonyl (C=O) groups excluding carboxylic acids is 1. The quantitative estimate of drug-likeness (QED) is 0.676. The molecule has 0 atom stereocenters. The van der Waals surface area contributed by atoms with Gasteiger partial charge in [-0.25, -0.2) is 0 Å². The highest BCUT2D eigenvalue weighted by Crippen LogP contribution is 2.29. The number of carbonyl (C=O) groups is 1. The zero-order valence-electron chi connectivity index (χ0n) is 11.9. The lowest BCUT2D eigenvalue weighted by molar-refractivity contribution is 0.104. The Bertz CT molecular complexity index is 652. The Balaban J connectivity index is 2.35. The van der Waals surface area contributed by atoms with Crippen LogP contribution in [0.15, 0.2) is 48.5 Å². The molecule has 108 valence electrons. The van der Waals surface area contributed by atoms with Crippen molar-refractivity contribution < 1.29 is 19.4 Å². The molecule has 4 heteroatoms. The van der Waals surface area contributed by atoms with E-state index in [1.54, 1.807) is 48.5 Å². The van der Waals surface area contributed by atoms with Crippen molar-refractivity contribution >= 4 is 11.9 Å². The molecule has 0 saturated heterocycles. The summed E-state index contributed by atoms with van der Waals surface area (Å²) in [6.07, 6.45) is 2.94. The minimum atomic E-state index is -0.257. The van der Waals surface area contributed by atoms with E-state index in [9.17, 15) is 9.90 Å².